The predicted octanol–water partition coefficient (Wildman–Crippen LogP) is 0.280. The molecular formula is C9H11BClNO3. The van der Waals surface area contributed by atoms with E-state index in [1.54, 1.807) is 18.2 Å². The molecule has 1 rings (SSSR count). The monoisotopic (exact) mass is 227 g/mol. The summed E-state index contributed by atoms with van der Waals surface area (Å²) >= 11 is 5.70. The van der Waals surface area contributed by atoms with Gasteiger partial charge in [-0.15, -0.1) is 0 Å². The van der Waals surface area contributed by atoms with Gasteiger partial charge in [0.2, 0.25) is 6.08 Å². The van der Waals surface area contributed by atoms with Crippen LogP contribution in [0.15, 0.2) is 23.2 Å². The van der Waals surface area contributed by atoms with Gasteiger partial charge >= 0.3 is 7.12 Å². The second-order valence-corrected chi connectivity index (χ2v) is 3.12. The van der Waals surface area contributed by atoms with Crippen molar-refractivity contribution in [3.63, 3.8) is 0 Å². The molecule has 6 heteroatoms. The molecule has 0 aliphatic heterocycles. The van der Waals surface area contributed by atoms with Gasteiger partial charge in [-0.1, -0.05) is 23.7 Å². The zero-order chi connectivity index (χ0) is 11.8. The highest BCUT2D eigenvalue weighted by atomic mass is 35.5. The standard InChI is InChI=1S/C7H8BClO2.C2H3NO/c1-5-2-3-6(8(10)11)7(9)4-5;1-3-2-4/h2-4,10-11H,1H3;1H3. The third-order valence-corrected chi connectivity index (χ3v) is 1.85. The Kier molecular flexibility index (Phi) is 6.66. The molecule has 4 nitrogen and oxygen atoms in total. The lowest BCUT2D eigenvalue weighted by Crippen LogP contribution is -2.30. The Bertz CT molecular complexity index is 364. The van der Waals surface area contributed by atoms with Crippen LogP contribution in [0.2, 0.25) is 5.02 Å². The van der Waals surface area contributed by atoms with Crippen LogP contribution in [0.4, 0.5) is 0 Å². The van der Waals surface area contributed by atoms with E-state index in [9.17, 15) is 0 Å². The molecule has 1 aromatic carbocycles. The smallest absolute Gasteiger partial charge is 0.423 e. The molecule has 0 saturated heterocycles. The van der Waals surface area contributed by atoms with E-state index in [2.05, 4.69) is 4.99 Å². The van der Waals surface area contributed by atoms with Crippen molar-refractivity contribution in [2.45, 2.75) is 6.92 Å². The Labute approximate surface area is 93.4 Å². The first-order valence-corrected chi connectivity index (χ1v) is 4.48. The van der Waals surface area contributed by atoms with Crippen LogP contribution in [0.25, 0.3) is 0 Å². The van der Waals surface area contributed by atoms with Gasteiger partial charge in [-0.2, -0.15) is 0 Å². The fraction of sp³-hybridized carbons (Fsp3) is 0.222. The van der Waals surface area contributed by atoms with Crippen LogP contribution in [-0.2, 0) is 4.79 Å². The molecule has 1 aromatic rings. The van der Waals surface area contributed by atoms with Crippen LogP contribution in [-0.4, -0.2) is 30.3 Å². The number of isocyanates is 1. The Morgan fingerprint density at radius 3 is 2.33 bits per heavy atom. The minimum Gasteiger partial charge on any atom is -0.423 e. The summed E-state index contributed by atoms with van der Waals surface area (Å²) in [5.41, 5.74) is 1.34. The fourth-order valence-corrected chi connectivity index (χ4v) is 1.17. The first-order valence-electron chi connectivity index (χ1n) is 4.11. The van der Waals surface area contributed by atoms with Crippen LogP contribution in [0.3, 0.4) is 0 Å². The van der Waals surface area contributed by atoms with Gasteiger partial charge in [-0.05, 0) is 18.6 Å². The Balaban J connectivity index is 0.000000423. The number of benzene rings is 1. The molecule has 0 heterocycles. The second kappa shape index (κ2) is 7.20. The summed E-state index contributed by atoms with van der Waals surface area (Å²) < 4.78 is 0. The van der Waals surface area contributed by atoms with Crippen molar-refractivity contribution >= 4 is 30.3 Å². The topological polar surface area (TPSA) is 69.9 Å². The number of hydrogen-bond donors (Lipinski definition) is 2. The van der Waals surface area contributed by atoms with E-state index in [1.807, 2.05) is 6.92 Å². The predicted molar refractivity (Wildman–Crippen MR) is 60.1 cm³/mol. The van der Waals surface area contributed by atoms with Gasteiger partial charge in [0.25, 0.3) is 0 Å². The van der Waals surface area contributed by atoms with Crippen LogP contribution >= 0.6 is 11.6 Å². The first-order chi connectivity index (χ1) is 7.02. The lowest BCUT2D eigenvalue weighted by atomic mass is 9.80. The number of carbonyl (C=O) groups excluding carboxylic acids is 1. The van der Waals surface area contributed by atoms with E-state index < -0.39 is 7.12 Å². The van der Waals surface area contributed by atoms with E-state index >= 15 is 0 Å². The summed E-state index contributed by atoms with van der Waals surface area (Å²) in [5.74, 6) is 0. The zero-order valence-corrected chi connectivity index (χ0v) is 9.19. The van der Waals surface area contributed by atoms with E-state index in [0.717, 1.165) is 5.56 Å². The van der Waals surface area contributed by atoms with Crippen LogP contribution < -0.4 is 5.46 Å². The molecule has 80 valence electrons. The maximum Gasteiger partial charge on any atom is 0.489 e. The summed E-state index contributed by atoms with van der Waals surface area (Å²) in [5, 5.41) is 17.9. The second-order valence-electron chi connectivity index (χ2n) is 2.71. The van der Waals surface area contributed by atoms with E-state index in [4.69, 9.17) is 26.4 Å². The highest BCUT2D eigenvalue weighted by Crippen LogP contribution is 2.07. The lowest BCUT2D eigenvalue weighted by molar-refractivity contribution is 0.426. The summed E-state index contributed by atoms with van der Waals surface area (Å²) in [6.45, 7) is 1.89. The Hall–Kier alpha value is -1.13. The highest BCUT2D eigenvalue weighted by Gasteiger charge is 2.13. The third kappa shape index (κ3) is 5.35. The van der Waals surface area contributed by atoms with Crippen molar-refractivity contribution in [3.05, 3.63) is 28.8 Å². The third-order valence-electron chi connectivity index (χ3n) is 1.53. The maximum atomic E-state index is 8.88. The number of nitrogens with zero attached hydrogens (tertiary/aromatic N) is 1. The summed E-state index contributed by atoms with van der Waals surface area (Å²) in [7, 11) is -0.101. The number of rotatable bonds is 1. The van der Waals surface area contributed by atoms with Gasteiger partial charge in [0, 0.05) is 17.5 Å². The van der Waals surface area contributed by atoms with E-state index in [-0.39, 0.29) is 0 Å². The number of aryl methyl sites for hydroxylation is 1. The van der Waals surface area contributed by atoms with Gasteiger partial charge in [0.1, 0.15) is 0 Å². The molecule has 0 saturated carbocycles. The fourth-order valence-electron chi connectivity index (χ4n) is 0.842. The summed E-state index contributed by atoms with van der Waals surface area (Å²) in [4.78, 5) is 11.8. The molecule has 0 radical (unpaired) electrons. The van der Waals surface area contributed by atoms with E-state index in [1.165, 1.54) is 13.1 Å². The molecule has 0 aliphatic carbocycles. The average Bonchev–Trinajstić information content (AvgIpc) is 2.17. The van der Waals surface area contributed by atoms with Crippen molar-refractivity contribution in [3.8, 4) is 0 Å². The quantitative estimate of drug-likeness (QED) is 0.411. The summed E-state index contributed by atoms with van der Waals surface area (Å²) in [6, 6.07) is 5.07. The first kappa shape index (κ1) is 13.9. The van der Waals surface area contributed by atoms with Crippen molar-refractivity contribution in [2.24, 2.45) is 4.99 Å². The Morgan fingerprint density at radius 2 is 2.00 bits per heavy atom. The molecule has 0 aliphatic rings. The largest absolute Gasteiger partial charge is 0.489 e. The highest BCUT2D eigenvalue weighted by molar-refractivity contribution is 6.62. The van der Waals surface area contributed by atoms with Crippen molar-refractivity contribution in [1.29, 1.82) is 0 Å². The minimum atomic E-state index is -1.48. The summed E-state index contributed by atoms with van der Waals surface area (Å²) in [6.07, 6.45) is 1.31. The van der Waals surface area contributed by atoms with E-state index in [0.29, 0.717) is 10.5 Å². The molecule has 2 N–H and O–H groups in total. The Morgan fingerprint density at radius 1 is 1.47 bits per heavy atom. The molecule has 0 unspecified atom stereocenters. The molecule has 0 atom stereocenters. The van der Waals surface area contributed by atoms with Crippen LogP contribution in [0.5, 0.6) is 0 Å². The molecule has 0 aromatic heterocycles. The maximum absolute atomic E-state index is 8.88. The number of hydrogen-bond acceptors (Lipinski definition) is 4. The van der Waals surface area contributed by atoms with Gasteiger partial charge in [-0.3, -0.25) is 0 Å². The minimum absolute atomic E-state index is 0.345. The molecular weight excluding hydrogens is 216 g/mol. The molecule has 0 amide bonds. The van der Waals surface area contributed by atoms with Crippen molar-refractivity contribution in [1.82, 2.24) is 0 Å². The number of halogens is 1. The van der Waals surface area contributed by atoms with Gasteiger partial charge < -0.3 is 10.0 Å². The SMILES string of the molecule is CN=C=O.Cc1ccc(B(O)O)c(Cl)c1. The number of aliphatic imine (C=N–C) groups is 1. The molecule has 0 bridgehead atoms. The van der Waals surface area contributed by atoms with Gasteiger partial charge in [0.05, 0.1) is 0 Å². The lowest BCUT2D eigenvalue weighted by Gasteiger charge is -2.02. The van der Waals surface area contributed by atoms with Crippen LogP contribution in [0.1, 0.15) is 5.56 Å². The van der Waals surface area contributed by atoms with Crippen molar-refractivity contribution < 1.29 is 14.8 Å². The average molecular weight is 227 g/mol. The zero-order valence-electron chi connectivity index (χ0n) is 8.44. The van der Waals surface area contributed by atoms with Gasteiger partial charge in [-0.25, -0.2) is 9.79 Å². The molecule has 0 fully saturated rings. The van der Waals surface area contributed by atoms with Crippen LogP contribution in [0, 0.1) is 6.92 Å². The van der Waals surface area contributed by atoms with Crippen molar-refractivity contribution in [2.75, 3.05) is 7.05 Å². The molecule has 0 spiro atoms. The normalized spacial score (nSPS) is 8.33. The van der Waals surface area contributed by atoms with Gasteiger partial charge in [0.15, 0.2) is 0 Å². The molecule has 15 heavy (non-hydrogen) atoms.